The Labute approximate surface area is 121 Å². The molecule has 1 heterocycles. The molecule has 0 amide bonds. The largest absolute Gasteiger partial charge is 0.389 e. The molecular weight excluding hydrogens is 252 g/mol. The third kappa shape index (κ3) is 3.81. The molecule has 2 rings (SSSR count). The van der Waals surface area contributed by atoms with E-state index in [4.69, 9.17) is 0 Å². The first-order chi connectivity index (χ1) is 9.39. The lowest BCUT2D eigenvalue weighted by Crippen LogP contribution is -2.50. The van der Waals surface area contributed by atoms with Crippen LogP contribution in [0.25, 0.3) is 0 Å². The number of carbonyl (C=O) groups is 1. The van der Waals surface area contributed by atoms with Crippen molar-refractivity contribution in [3.8, 4) is 0 Å². The first-order valence-corrected chi connectivity index (χ1v) is 7.14. The number of aliphatic hydroxyl groups is 1. The predicted molar refractivity (Wildman–Crippen MR) is 81.5 cm³/mol. The molecule has 1 N–H and O–H groups in total. The van der Waals surface area contributed by atoms with Crippen molar-refractivity contribution in [3.05, 3.63) is 29.3 Å². The molecule has 0 bridgehead atoms. The van der Waals surface area contributed by atoms with Crippen LogP contribution in [0.2, 0.25) is 0 Å². The third-order valence-corrected chi connectivity index (χ3v) is 3.73. The van der Waals surface area contributed by atoms with Crippen molar-refractivity contribution in [2.24, 2.45) is 0 Å². The van der Waals surface area contributed by atoms with Crippen LogP contribution in [-0.4, -0.2) is 54.6 Å². The number of piperazine rings is 1. The second kappa shape index (κ2) is 5.94. The fourth-order valence-corrected chi connectivity index (χ4v) is 2.70. The van der Waals surface area contributed by atoms with Crippen molar-refractivity contribution in [2.75, 3.05) is 37.6 Å². The van der Waals surface area contributed by atoms with Gasteiger partial charge in [-0.3, -0.25) is 9.69 Å². The molecule has 0 aliphatic carbocycles. The van der Waals surface area contributed by atoms with Crippen molar-refractivity contribution in [3.63, 3.8) is 0 Å². The Kier molecular flexibility index (Phi) is 4.45. The SMILES string of the molecule is Cc1cc(N2CCN(CC(C)(C)O)CC2)ccc1C=O. The van der Waals surface area contributed by atoms with Gasteiger partial charge >= 0.3 is 0 Å². The van der Waals surface area contributed by atoms with Gasteiger partial charge < -0.3 is 10.0 Å². The van der Waals surface area contributed by atoms with E-state index in [0.29, 0.717) is 6.54 Å². The molecule has 0 saturated carbocycles. The molecule has 1 aromatic rings. The molecule has 0 aromatic heterocycles. The van der Waals surface area contributed by atoms with Crippen LogP contribution in [0, 0.1) is 6.92 Å². The van der Waals surface area contributed by atoms with Crippen LogP contribution in [0.15, 0.2) is 18.2 Å². The van der Waals surface area contributed by atoms with Gasteiger partial charge in [0.25, 0.3) is 0 Å². The molecule has 0 radical (unpaired) electrons. The van der Waals surface area contributed by atoms with E-state index in [0.717, 1.165) is 43.6 Å². The molecule has 1 aliphatic rings. The van der Waals surface area contributed by atoms with Gasteiger partial charge in [0.15, 0.2) is 0 Å². The van der Waals surface area contributed by atoms with Crippen molar-refractivity contribution in [2.45, 2.75) is 26.4 Å². The number of anilines is 1. The van der Waals surface area contributed by atoms with Crippen molar-refractivity contribution >= 4 is 12.0 Å². The summed E-state index contributed by atoms with van der Waals surface area (Å²) in [6, 6.07) is 5.98. The maximum atomic E-state index is 10.8. The van der Waals surface area contributed by atoms with Gasteiger partial charge in [0, 0.05) is 44.0 Å². The molecule has 1 aliphatic heterocycles. The van der Waals surface area contributed by atoms with Crippen LogP contribution >= 0.6 is 0 Å². The number of rotatable bonds is 4. The first kappa shape index (κ1) is 15.0. The number of nitrogens with zero attached hydrogens (tertiary/aromatic N) is 2. The van der Waals surface area contributed by atoms with Gasteiger partial charge in [0.2, 0.25) is 0 Å². The monoisotopic (exact) mass is 276 g/mol. The van der Waals surface area contributed by atoms with E-state index in [-0.39, 0.29) is 0 Å². The average Bonchev–Trinajstić information content (AvgIpc) is 2.37. The van der Waals surface area contributed by atoms with Gasteiger partial charge in [-0.2, -0.15) is 0 Å². The van der Waals surface area contributed by atoms with E-state index in [2.05, 4.69) is 15.9 Å². The summed E-state index contributed by atoms with van der Waals surface area (Å²) in [6.07, 6.45) is 0.903. The summed E-state index contributed by atoms with van der Waals surface area (Å²) >= 11 is 0. The number of aryl methyl sites for hydroxylation is 1. The van der Waals surface area contributed by atoms with Gasteiger partial charge in [-0.25, -0.2) is 0 Å². The van der Waals surface area contributed by atoms with E-state index in [1.54, 1.807) is 0 Å². The molecule has 110 valence electrons. The molecule has 4 heteroatoms. The zero-order valence-electron chi connectivity index (χ0n) is 12.6. The smallest absolute Gasteiger partial charge is 0.150 e. The van der Waals surface area contributed by atoms with Gasteiger partial charge in [-0.05, 0) is 44.5 Å². The standard InChI is InChI=1S/C16H24N2O2/c1-13-10-15(5-4-14(13)11-19)18-8-6-17(7-9-18)12-16(2,3)20/h4-5,10-11,20H,6-9,12H2,1-3H3. The highest BCUT2D eigenvalue weighted by Gasteiger charge is 2.22. The Bertz CT molecular complexity index is 472. The van der Waals surface area contributed by atoms with E-state index < -0.39 is 5.60 Å². The van der Waals surface area contributed by atoms with Crippen LogP contribution in [-0.2, 0) is 0 Å². The highest BCUT2D eigenvalue weighted by Crippen LogP contribution is 2.20. The zero-order chi connectivity index (χ0) is 14.8. The summed E-state index contributed by atoms with van der Waals surface area (Å²) in [6.45, 7) is 10.2. The summed E-state index contributed by atoms with van der Waals surface area (Å²) < 4.78 is 0. The van der Waals surface area contributed by atoms with Crippen molar-refractivity contribution in [1.82, 2.24) is 4.90 Å². The van der Waals surface area contributed by atoms with Crippen molar-refractivity contribution in [1.29, 1.82) is 0 Å². The molecule has 4 nitrogen and oxygen atoms in total. The fraction of sp³-hybridized carbons (Fsp3) is 0.562. The normalized spacial score (nSPS) is 17.3. The molecule has 20 heavy (non-hydrogen) atoms. The minimum atomic E-state index is -0.635. The van der Waals surface area contributed by atoms with Gasteiger partial charge in [0.1, 0.15) is 6.29 Å². The summed E-state index contributed by atoms with van der Waals surface area (Å²) in [5.74, 6) is 0. The number of hydrogen-bond donors (Lipinski definition) is 1. The average molecular weight is 276 g/mol. The molecule has 0 atom stereocenters. The second-order valence-electron chi connectivity index (χ2n) is 6.23. The Morgan fingerprint density at radius 3 is 2.40 bits per heavy atom. The molecular formula is C16H24N2O2. The lowest BCUT2D eigenvalue weighted by atomic mass is 10.1. The van der Waals surface area contributed by atoms with E-state index in [1.165, 1.54) is 5.69 Å². The first-order valence-electron chi connectivity index (χ1n) is 7.14. The Hall–Kier alpha value is -1.39. The van der Waals surface area contributed by atoms with Crippen molar-refractivity contribution < 1.29 is 9.90 Å². The van der Waals surface area contributed by atoms with Gasteiger partial charge in [0.05, 0.1) is 5.60 Å². The highest BCUT2D eigenvalue weighted by atomic mass is 16.3. The van der Waals surface area contributed by atoms with E-state index in [1.807, 2.05) is 32.9 Å². The number of carbonyl (C=O) groups excluding carboxylic acids is 1. The topological polar surface area (TPSA) is 43.8 Å². The third-order valence-electron chi connectivity index (χ3n) is 3.73. The van der Waals surface area contributed by atoms with E-state index in [9.17, 15) is 9.90 Å². The van der Waals surface area contributed by atoms with Crippen LogP contribution in [0.5, 0.6) is 0 Å². The minimum Gasteiger partial charge on any atom is -0.389 e. The highest BCUT2D eigenvalue weighted by molar-refractivity contribution is 5.78. The lowest BCUT2D eigenvalue weighted by molar-refractivity contribution is 0.0345. The quantitative estimate of drug-likeness (QED) is 0.850. The molecule has 1 fully saturated rings. The molecule has 1 saturated heterocycles. The van der Waals surface area contributed by atoms with Gasteiger partial charge in [-0.15, -0.1) is 0 Å². The Balaban J connectivity index is 1.97. The Morgan fingerprint density at radius 2 is 1.90 bits per heavy atom. The maximum absolute atomic E-state index is 10.8. The van der Waals surface area contributed by atoms with Crippen LogP contribution in [0.1, 0.15) is 29.8 Å². The summed E-state index contributed by atoms with van der Waals surface area (Å²) in [5.41, 5.74) is 2.33. The second-order valence-corrected chi connectivity index (χ2v) is 6.23. The van der Waals surface area contributed by atoms with Crippen LogP contribution in [0.4, 0.5) is 5.69 Å². The summed E-state index contributed by atoms with van der Waals surface area (Å²) in [7, 11) is 0. The van der Waals surface area contributed by atoms with Gasteiger partial charge in [-0.1, -0.05) is 0 Å². The van der Waals surface area contributed by atoms with E-state index >= 15 is 0 Å². The minimum absolute atomic E-state index is 0.635. The number of benzene rings is 1. The summed E-state index contributed by atoms with van der Waals surface area (Å²) in [4.78, 5) is 15.5. The number of β-amino-alcohol motifs (C(OH)–C–C–N with tert-alkyl or cyclic N) is 1. The molecule has 0 unspecified atom stereocenters. The Morgan fingerprint density at radius 1 is 1.25 bits per heavy atom. The summed E-state index contributed by atoms with van der Waals surface area (Å²) in [5, 5.41) is 9.86. The van der Waals surface area contributed by atoms with Crippen LogP contribution < -0.4 is 4.90 Å². The molecule has 0 spiro atoms. The van der Waals surface area contributed by atoms with Crippen LogP contribution in [0.3, 0.4) is 0 Å². The predicted octanol–water partition coefficient (Wildman–Crippen LogP) is 1.70. The zero-order valence-corrected chi connectivity index (χ0v) is 12.6. The maximum Gasteiger partial charge on any atom is 0.150 e. The fourth-order valence-electron chi connectivity index (χ4n) is 2.70. The number of hydrogen-bond acceptors (Lipinski definition) is 4. The molecule has 1 aromatic carbocycles. The lowest BCUT2D eigenvalue weighted by Gasteiger charge is -2.38. The number of aldehydes is 1.